The summed E-state index contributed by atoms with van der Waals surface area (Å²) in [7, 11) is 0. The van der Waals surface area contributed by atoms with Crippen molar-refractivity contribution in [2.75, 3.05) is 17.3 Å². The fourth-order valence-corrected chi connectivity index (χ4v) is 4.56. The third-order valence-corrected chi connectivity index (χ3v) is 5.47. The van der Waals surface area contributed by atoms with Gasteiger partial charge in [0, 0.05) is 17.3 Å². The van der Waals surface area contributed by atoms with Gasteiger partial charge in [-0.2, -0.15) is 11.8 Å². The number of thioether (sulfide) groups is 2. The summed E-state index contributed by atoms with van der Waals surface area (Å²) in [5, 5.41) is 0.262. The maximum Gasteiger partial charge on any atom is 0.172 e. The van der Waals surface area contributed by atoms with E-state index >= 15 is 0 Å². The Bertz CT molecular complexity index is 242. The van der Waals surface area contributed by atoms with Crippen LogP contribution in [0.3, 0.4) is 0 Å². The molecule has 0 aromatic carbocycles. The molecule has 1 aliphatic carbocycles. The van der Waals surface area contributed by atoms with E-state index in [1.54, 1.807) is 0 Å². The van der Waals surface area contributed by atoms with Crippen LogP contribution in [0.15, 0.2) is 11.6 Å². The van der Waals surface area contributed by atoms with Crippen LogP contribution in [0.5, 0.6) is 0 Å². The van der Waals surface area contributed by atoms with E-state index in [2.05, 4.69) is 6.08 Å². The minimum atomic E-state index is 0.262. The topological polar surface area (TPSA) is 17.1 Å². The van der Waals surface area contributed by atoms with Crippen LogP contribution in [0.25, 0.3) is 0 Å². The first-order chi connectivity index (χ1) is 6.88. The average molecular weight is 228 g/mol. The molecule has 0 saturated carbocycles. The Morgan fingerprint density at radius 3 is 2.93 bits per heavy atom. The van der Waals surface area contributed by atoms with Gasteiger partial charge in [-0.3, -0.25) is 4.79 Å². The molecule has 1 heterocycles. The van der Waals surface area contributed by atoms with E-state index < -0.39 is 0 Å². The lowest BCUT2D eigenvalue weighted by Crippen LogP contribution is -2.26. The van der Waals surface area contributed by atoms with Crippen LogP contribution in [0, 0.1) is 0 Å². The van der Waals surface area contributed by atoms with E-state index in [0.29, 0.717) is 5.78 Å². The van der Waals surface area contributed by atoms with Crippen molar-refractivity contribution in [2.24, 2.45) is 0 Å². The van der Waals surface area contributed by atoms with Crippen molar-refractivity contribution >= 4 is 29.3 Å². The first-order valence-corrected chi connectivity index (χ1v) is 7.51. The number of hydrogen-bond acceptors (Lipinski definition) is 3. The molecular weight excluding hydrogens is 212 g/mol. The van der Waals surface area contributed by atoms with Gasteiger partial charge in [-0.25, -0.2) is 0 Å². The van der Waals surface area contributed by atoms with Gasteiger partial charge in [0.25, 0.3) is 0 Å². The number of rotatable bonds is 2. The lowest BCUT2D eigenvalue weighted by Gasteiger charge is -2.22. The third kappa shape index (κ3) is 2.57. The molecule has 0 radical (unpaired) electrons. The first-order valence-electron chi connectivity index (χ1n) is 5.30. The van der Waals surface area contributed by atoms with Crippen molar-refractivity contribution in [1.82, 2.24) is 0 Å². The summed E-state index contributed by atoms with van der Waals surface area (Å²) in [6, 6.07) is 0. The van der Waals surface area contributed by atoms with E-state index in [0.717, 1.165) is 29.9 Å². The van der Waals surface area contributed by atoms with Gasteiger partial charge in [-0.15, -0.1) is 11.8 Å². The zero-order valence-corrected chi connectivity index (χ0v) is 9.96. The third-order valence-electron chi connectivity index (χ3n) is 2.72. The second-order valence-corrected chi connectivity index (χ2v) is 6.23. The summed E-state index contributed by atoms with van der Waals surface area (Å²) in [4.78, 5) is 12.1. The Labute approximate surface area is 94.1 Å². The van der Waals surface area contributed by atoms with Crippen LogP contribution < -0.4 is 0 Å². The molecule has 0 amide bonds. The fourth-order valence-electron chi connectivity index (χ4n) is 1.91. The lowest BCUT2D eigenvalue weighted by atomic mass is 9.95. The molecule has 0 bridgehead atoms. The second-order valence-electron chi connectivity index (χ2n) is 3.77. The molecule has 0 aromatic rings. The smallest absolute Gasteiger partial charge is 0.172 e. The molecule has 1 nitrogen and oxygen atoms in total. The summed E-state index contributed by atoms with van der Waals surface area (Å²) < 4.78 is 0. The molecule has 1 saturated heterocycles. The summed E-state index contributed by atoms with van der Waals surface area (Å²) >= 11 is 3.78. The summed E-state index contributed by atoms with van der Waals surface area (Å²) in [6.45, 7) is 0. The van der Waals surface area contributed by atoms with Crippen LogP contribution in [-0.4, -0.2) is 28.3 Å². The van der Waals surface area contributed by atoms with Crippen LogP contribution in [0.1, 0.15) is 25.7 Å². The van der Waals surface area contributed by atoms with Gasteiger partial charge >= 0.3 is 0 Å². The second kappa shape index (κ2) is 5.26. The van der Waals surface area contributed by atoms with E-state index in [1.807, 2.05) is 23.5 Å². The predicted molar refractivity (Wildman–Crippen MR) is 65.1 cm³/mol. The highest BCUT2D eigenvalue weighted by molar-refractivity contribution is 8.07. The van der Waals surface area contributed by atoms with Crippen molar-refractivity contribution in [3.8, 4) is 0 Å². The SMILES string of the molecule is O=C(C1=CCCCC1)C1CSCCS1. The van der Waals surface area contributed by atoms with Gasteiger partial charge in [0.2, 0.25) is 0 Å². The molecule has 1 atom stereocenters. The Hall–Kier alpha value is 0.110. The number of hydrogen-bond donors (Lipinski definition) is 0. The Morgan fingerprint density at radius 1 is 1.36 bits per heavy atom. The number of ketones is 1. The Kier molecular flexibility index (Phi) is 3.99. The zero-order valence-electron chi connectivity index (χ0n) is 8.33. The quantitative estimate of drug-likeness (QED) is 0.723. The molecule has 0 aromatic heterocycles. The molecule has 2 rings (SSSR count). The van der Waals surface area contributed by atoms with Gasteiger partial charge in [0.15, 0.2) is 5.78 Å². The first kappa shape index (κ1) is 10.6. The molecule has 3 heteroatoms. The van der Waals surface area contributed by atoms with Crippen molar-refractivity contribution in [2.45, 2.75) is 30.9 Å². The largest absolute Gasteiger partial charge is 0.293 e. The normalized spacial score (nSPS) is 28.3. The van der Waals surface area contributed by atoms with Crippen LogP contribution in [0.4, 0.5) is 0 Å². The summed E-state index contributed by atoms with van der Waals surface area (Å²) in [5.74, 6) is 3.82. The van der Waals surface area contributed by atoms with Crippen molar-refractivity contribution < 1.29 is 4.79 Å². The summed E-state index contributed by atoms with van der Waals surface area (Å²) in [6.07, 6.45) is 6.79. The van der Waals surface area contributed by atoms with E-state index in [4.69, 9.17) is 0 Å². The minimum absolute atomic E-state index is 0.262. The van der Waals surface area contributed by atoms with E-state index in [-0.39, 0.29) is 5.25 Å². The number of allylic oxidation sites excluding steroid dienone is 2. The van der Waals surface area contributed by atoms with Crippen molar-refractivity contribution in [3.63, 3.8) is 0 Å². The van der Waals surface area contributed by atoms with Gasteiger partial charge < -0.3 is 0 Å². The molecule has 1 aliphatic heterocycles. The molecule has 78 valence electrons. The average Bonchev–Trinajstić information content (AvgIpc) is 2.30. The monoisotopic (exact) mass is 228 g/mol. The summed E-state index contributed by atoms with van der Waals surface area (Å²) in [5.41, 5.74) is 1.12. The van der Waals surface area contributed by atoms with Gasteiger partial charge in [-0.05, 0) is 31.3 Å². The molecule has 1 unspecified atom stereocenters. The van der Waals surface area contributed by atoms with Crippen molar-refractivity contribution in [3.05, 3.63) is 11.6 Å². The van der Waals surface area contributed by atoms with Crippen molar-refractivity contribution in [1.29, 1.82) is 0 Å². The highest BCUT2D eigenvalue weighted by Crippen LogP contribution is 2.29. The number of carbonyl (C=O) groups excluding carboxylic acids is 1. The lowest BCUT2D eigenvalue weighted by molar-refractivity contribution is -0.115. The molecule has 2 aliphatic rings. The fraction of sp³-hybridized carbons (Fsp3) is 0.727. The highest BCUT2D eigenvalue weighted by atomic mass is 32.2. The molecule has 14 heavy (non-hydrogen) atoms. The maximum atomic E-state index is 12.1. The van der Waals surface area contributed by atoms with E-state index in [9.17, 15) is 4.79 Å². The van der Waals surface area contributed by atoms with Crippen LogP contribution >= 0.6 is 23.5 Å². The van der Waals surface area contributed by atoms with Crippen LogP contribution in [-0.2, 0) is 4.79 Å². The van der Waals surface area contributed by atoms with Gasteiger partial charge in [-0.1, -0.05) is 6.08 Å². The molecule has 0 N–H and O–H groups in total. The standard InChI is InChI=1S/C11H16OS2/c12-11(9-4-2-1-3-5-9)10-8-13-6-7-14-10/h4,10H,1-3,5-8H2. The number of Topliss-reactive ketones (excluding diaryl/α,β-unsaturated/α-hetero) is 1. The van der Waals surface area contributed by atoms with Gasteiger partial charge in [0.05, 0.1) is 5.25 Å². The zero-order chi connectivity index (χ0) is 9.80. The van der Waals surface area contributed by atoms with Crippen LogP contribution in [0.2, 0.25) is 0 Å². The highest BCUT2D eigenvalue weighted by Gasteiger charge is 2.25. The molecule has 0 spiro atoms. The predicted octanol–water partition coefficient (Wildman–Crippen LogP) is 2.90. The molecule has 1 fully saturated rings. The minimum Gasteiger partial charge on any atom is -0.293 e. The number of carbonyl (C=O) groups is 1. The van der Waals surface area contributed by atoms with E-state index in [1.165, 1.54) is 18.6 Å². The Morgan fingerprint density at radius 2 is 2.29 bits per heavy atom. The maximum absolute atomic E-state index is 12.1. The Balaban J connectivity index is 1.95. The van der Waals surface area contributed by atoms with Gasteiger partial charge in [0.1, 0.15) is 0 Å². The molecular formula is C11H16OS2.